The van der Waals surface area contributed by atoms with E-state index < -0.39 is 5.97 Å². The second-order valence-corrected chi connectivity index (χ2v) is 6.07. The quantitative estimate of drug-likeness (QED) is 0.637. The van der Waals surface area contributed by atoms with Gasteiger partial charge in [-0.25, -0.2) is 9.78 Å². The molecule has 0 saturated heterocycles. The molecule has 0 bridgehead atoms. The van der Waals surface area contributed by atoms with Crippen molar-refractivity contribution in [3.05, 3.63) is 64.3 Å². The van der Waals surface area contributed by atoms with Gasteiger partial charge >= 0.3 is 5.97 Å². The molecule has 0 saturated carbocycles. The minimum atomic E-state index is -0.512. The lowest BCUT2D eigenvalue weighted by Crippen LogP contribution is -2.07. The first kappa shape index (κ1) is 16.4. The van der Waals surface area contributed by atoms with Crippen LogP contribution in [0, 0.1) is 0 Å². The summed E-state index contributed by atoms with van der Waals surface area (Å²) >= 11 is 7.37. The van der Waals surface area contributed by atoms with E-state index in [1.165, 1.54) is 24.5 Å². The van der Waals surface area contributed by atoms with Gasteiger partial charge in [-0.2, -0.15) is 0 Å². The van der Waals surface area contributed by atoms with Crippen molar-refractivity contribution in [2.45, 2.75) is 6.61 Å². The summed E-state index contributed by atoms with van der Waals surface area (Å²) in [5, 5.41) is 3.06. The van der Waals surface area contributed by atoms with Crippen LogP contribution in [0.15, 0.2) is 48.0 Å². The number of carbonyl (C=O) groups excluding carboxylic acids is 1. The highest BCUT2D eigenvalue weighted by atomic mass is 35.5. The zero-order valence-corrected chi connectivity index (χ0v) is 14.3. The van der Waals surface area contributed by atoms with Crippen LogP contribution in [0.25, 0.3) is 10.7 Å². The summed E-state index contributed by atoms with van der Waals surface area (Å²) in [5.41, 5.74) is 1.73. The van der Waals surface area contributed by atoms with Crippen molar-refractivity contribution in [1.82, 2.24) is 9.97 Å². The molecule has 3 rings (SSSR count). The smallest absolute Gasteiger partial charge is 0.342 e. The topological polar surface area (TPSA) is 61.3 Å². The van der Waals surface area contributed by atoms with Crippen molar-refractivity contribution < 1.29 is 14.3 Å². The third-order valence-electron chi connectivity index (χ3n) is 3.17. The van der Waals surface area contributed by atoms with Crippen molar-refractivity contribution in [3.63, 3.8) is 0 Å². The van der Waals surface area contributed by atoms with Crippen LogP contribution < -0.4 is 4.74 Å². The van der Waals surface area contributed by atoms with Gasteiger partial charge in [0.05, 0.1) is 18.5 Å². The lowest BCUT2D eigenvalue weighted by atomic mass is 10.2. The molecule has 3 aromatic rings. The lowest BCUT2D eigenvalue weighted by Gasteiger charge is -2.08. The molecule has 0 N–H and O–H groups in total. The van der Waals surface area contributed by atoms with Gasteiger partial charge in [0.2, 0.25) is 0 Å². The van der Waals surface area contributed by atoms with E-state index in [-0.39, 0.29) is 12.2 Å². The number of hydrogen-bond acceptors (Lipinski definition) is 6. The third kappa shape index (κ3) is 3.72. The number of esters is 1. The summed E-state index contributed by atoms with van der Waals surface area (Å²) in [6.45, 7) is 0.0673. The number of hydrogen-bond donors (Lipinski definition) is 0. The summed E-state index contributed by atoms with van der Waals surface area (Å²) in [7, 11) is 1.49. The van der Waals surface area contributed by atoms with Crippen LogP contribution in [0.4, 0.5) is 0 Å². The van der Waals surface area contributed by atoms with Crippen molar-refractivity contribution in [1.29, 1.82) is 0 Å². The first-order chi connectivity index (χ1) is 11.7. The Morgan fingerprint density at radius 2 is 2.17 bits per heavy atom. The largest absolute Gasteiger partial charge is 0.496 e. The van der Waals surface area contributed by atoms with Crippen LogP contribution in [0.2, 0.25) is 5.02 Å². The highest BCUT2D eigenvalue weighted by molar-refractivity contribution is 7.13. The zero-order valence-electron chi connectivity index (χ0n) is 12.7. The maximum atomic E-state index is 12.2. The van der Waals surface area contributed by atoms with Gasteiger partial charge in [-0.15, -0.1) is 11.3 Å². The van der Waals surface area contributed by atoms with Crippen LogP contribution in [0.5, 0.6) is 5.75 Å². The Morgan fingerprint density at radius 3 is 2.92 bits per heavy atom. The second-order valence-electron chi connectivity index (χ2n) is 4.78. The maximum absolute atomic E-state index is 12.2. The summed E-state index contributed by atoms with van der Waals surface area (Å²) < 4.78 is 10.5. The fourth-order valence-corrected chi connectivity index (χ4v) is 2.99. The Morgan fingerprint density at radius 1 is 1.29 bits per heavy atom. The maximum Gasteiger partial charge on any atom is 0.342 e. The van der Waals surface area contributed by atoms with E-state index >= 15 is 0 Å². The second kappa shape index (κ2) is 7.42. The number of pyridine rings is 1. The van der Waals surface area contributed by atoms with E-state index in [0.717, 1.165) is 10.7 Å². The molecule has 0 fully saturated rings. The van der Waals surface area contributed by atoms with Gasteiger partial charge in [0, 0.05) is 16.6 Å². The molecule has 5 nitrogen and oxygen atoms in total. The Balaban J connectivity index is 1.69. The van der Waals surface area contributed by atoms with Crippen molar-refractivity contribution in [2.24, 2.45) is 0 Å². The average molecular weight is 361 g/mol. The average Bonchev–Trinajstić information content (AvgIpc) is 3.09. The van der Waals surface area contributed by atoms with Crippen molar-refractivity contribution >= 4 is 28.9 Å². The van der Waals surface area contributed by atoms with Crippen molar-refractivity contribution in [3.8, 4) is 16.5 Å². The number of methoxy groups -OCH3 is 1. The van der Waals surface area contributed by atoms with Gasteiger partial charge < -0.3 is 9.47 Å². The number of benzene rings is 1. The van der Waals surface area contributed by atoms with E-state index in [1.54, 1.807) is 18.3 Å². The van der Waals surface area contributed by atoms with E-state index in [0.29, 0.717) is 16.5 Å². The SMILES string of the molecule is COc1ccc(Cl)cc1C(=O)OCc1csc(-c2ccccn2)n1. The Bertz CT molecular complexity index is 852. The molecule has 122 valence electrons. The van der Waals surface area contributed by atoms with Gasteiger partial charge in [0.25, 0.3) is 0 Å². The highest BCUT2D eigenvalue weighted by Crippen LogP contribution is 2.25. The van der Waals surface area contributed by atoms with Crippen molar-refractivity contribution in [2.75, 3.05) is 7.11 Å². The molecule has 1 aromatic carbocycles. The van der Waals surface area contributed by atoms with Gasteiger partial charge in [0.1, 0.15) is 22.9 Å². The van der Waals surface area contributed by atoms with Gasteiger partial charge in [-0.1, -0.05) is 17.7 Å². The van der Waals surface area contributed by atoms with E-state index in [9.17, 15) is 4.79 Å². The molecule has 2 aromatic heterocycles. The van der Waals surface area contributed by atoms with Gasteiger partial charge in [-0.3, -0.25) is 4.98 Å². The fourth-order valence-electron chi connectivity index (χ4n) is 2.04. The van der Waals surface area contributed by atoms with Crippen LogP contribution in [-0.2, 0) is 11.3 Å². The minimum absolute atomic E-state index is 0.0673. The molecule has 24 heavy (non-hydrogen) atoms. The molecule has 0 atom stereocenters. The molecule has 7 heteroatoms. The van der Waals surface area contributed by atoms with Crippen LogP contribution in [0.1, 0.15) is 16.1 Å². The summed E-state index contributed by atoms with van der Waals surface area (Å²) in [6, 6.07) is 10.4. The first-order valence-corrected chi connectivity index (χ1v) is 8.29. The van der Waals surface area contributed by atoms with Crippen LogP contribution >= 0.6 is 22.9 Å². The van der Waals surface area contributed by atoms with Crippen LogP contribution in [0.3, 0.4) is 0 Å². The number of rotatable bonds is 5. The third-order valence-corrected chi connectivity index (χ3v) is 4.32. The predicted octanol–water partition coefficient (Wildman–Crippen LogP) is 4.22. The molecule has 2 heterocycles. The van der Waals surface area contributed by atoms with Gasteiger partial charge in [-0.05, 0) is 30.3 Å². The van der Waals surface area contributed by atoms with Crippen LogP contribution in [-0.4, -0.2) is 23.0 Å². The van der Waals surface area contributed by atoms with E-state index in [1.807, 2.05) is 23.6 Å². The number of thiazole rings is 1. The predicted molar refractivity (Wildman–Crippen MR) is 92.5 cm³/mol. The molecular weight excluding hydrogens is 348 g/mol. The lowest BCUT2D eigenvalue weighted by molar-refractivity contribution is 0.0465. The summed E-state index contributed by atoms with van der Waals surface area (Å²) in [4.78, 5) is 20.9. The van der Waals surface area contributed by atoms with E-state index in [4.69, 9.17) is 21.1 Å². The molecule has 0 spiro atoms. The number of halogens is 1. The number of aromatic nitrogens is 2. The molecule has 0 radical (unpaired) electrons. The molecular formula is C17H13ClN2O3S. The van der Waals surface area contributed by atoms with Gasteiger partial charge in [0.15, 0.2) is 0 Å². The monoisotopic (exact) mass is 360 g/mol. The number of carbonyl (C=O) groups is 1. The Hall–Kier alpha value is -2.44. The molecule has 0 aliphatic carbocycles. The molecule has 0 amide bonds. The molecule has 0 aliphatic rings. The molecule has 0 unspecified atom stereocenters. The zero-order chi connectivity index (χ0) is 16.9. The Kier molecular flexibility index (Phi) is 5.08. The highest BCUT2D eigenvalue weighted by Gasteiger charge is 2.15. The summed E-state index contributed by atoms with van der Waals surface area (Å²) in [6.07, 6.45) is 1.71. The summed E-state index contributed by atoms with van der Waals surface area (Å²) in [5.74, 6) is -0.0985. The Labute approximate surface area is 147 Å². The normalized spacial score (nSPS) is 10.4. The van der Waals surface area contributed by atoms with E-state index in [2.05, 4.69) is 9.97 Å². The molecule has 0 aliphatic heterocycles. The minimum Gasteiger partial charge on any atom is -0.496 e. The number of nitrogens with zero attached hydrogens (tertiary/aromatic N) is 2. The number of ether oxygens (including phenoxy) is 2. The first-order valence-electron chi connectivity index (χ1n) is 7.04. The standard InChI is InChI=1S/C17H13ClN2O3S/c1-22-15-6-5-11(18)8-13(15)17(21)23-9-12-10-24-16(20-12)14-4-2-3-7-19-14/h2-8,10H,9H2,1H3. The fraction of sp³-hybridized carbons (Fsp3) is 0.118.